The maximum atomic E-state index is 13.5. The molecule has 0 saturated heterocycles. The van der Waals surface area contributed by atoms with Gasteiger partial charge in [-0.3, -0.25) is 0 Å². The minimum atomic E-state index is -0.194. The molecule has 0 heterocycles. The third kappa shape index (κ3) is 3.04. The van der Waals surface area contributed by atoms with E-state index in [1.165, 1.54) is 18.9 Å². The van der Waals surface area contributed by atoms with Gasteiger partial charge in [-0.25, -0.2) is 4.39 Å². The van der Waals surface area contributed by atoms with Gasteiger partial charge in [-0.15, -0.1) is 0 Å². The van der Waals surface area contributed by atoms with Gasteiger partial charge in [0.2, 0.25) is 0 Å². The number of hydrogen-bond acceptors (Lipinski definition) is 1. The van der Waals surface area contributed by atoms with Gasteiger partial charge in [0, 0.05) is 17.1 Å². The fourth-order valence-electron chi connectivity index (χ4n) is 2.17. The molecular formula is C16H15BrFN. The maximum Gasteiger partial charge on any atom is 0.123 e. The third-order valence-corrected chi connectivity index (χ3v) is 4.09. The van der Waals surface area contributed by atoms with Crippen LogP contribution in [0.25, 0.3) is 11.1 Å². The number of nitrogens with one attached hydrogen (secondary N) is 1. The van der Waals surface area contributed by atoms with E-state index in [-0.39, 0.29) is 5.82 Å². The molecule has 1 saturated carbocycles. The maximum absolute atomic E-state index is 13.5. The lowest BCUT2D eigenvalue weighted by molar-refractivity contribution is 0.625. The van der Waals surface area contributed by atoms with Crippen molar-refractivity contribution >= 4 is 15.9 Å². The van der Waals surface area contributed by atoms with Crippen LogP contribution in [0.4, 0.5) is 4.39 Å². The van der Waals surface area contributed by atoms with E-state index in [1.54, 1.807) is 6.07 Å². The second kappa shape index (κ2) is 5.43. The van der Waals surface area contributed by atoms with Crippen LogP contribution in [0.1, 0.15) is 18.4 Å². The molecule has 0 bridgehead atoms. The van der Waals surface area contributed by atoms with Gasteiger partial charge >= 0.3 is 0 Å². The van der Waals surface area contributed by atoms with Crippen LogP contribution in [-0.4, -0.2) is 6.04 Å². The molecule has 0 radical (unpaired) electrons. The van der Waals surface area contributed by atoms with E-state index in [0.29, 0.717) is 6.04 Å². The van der Waals surface area contributed by atoms with Crippen molar-refractivity contribution in [1.29, 1.82) is 0 Å². The summed E-state index contributed by atoms with van der Waals surface area (Å²) in [5.74, 6) is -0.194. The highest BCUT2D eigenvalue weighted by atomic mass is 79.9. The van der Waals surface area contributed by atoms with Crippen molar-refractivity contribution in [2.45, 2.75) is 25.4 Å². The summed E-state index contributed by atoms with van der Waals surface area (Å²) < 4.78 is 14.5. The Kier molecular flexibility index (Phi) is 3.67. The first-order valence-corrected chi connectivity index (χ1v) is 7.30. The lowest BCUT2D eigenvalue weighted by atomic mass is 9.99. The van der Waals surface area contributed by atoms with Crippen LogP contribution >= 0.6 is 15.9 Å². The largest absolute Gasteiger partial charge is 0.310 e. The molecule has 0 spiro atoms. The van der Waals surface area contributed by atoms with Crippen LogP contribution in [0, 0.1) is 5.82 Å². The zero-order valence-electron chi connectivity index (χ0n) is 10.5. The minimum Gasteiger partial charge on any atom is -0.310 e. The minimum absolute atomic E-state index is 0.194. The van der Waals surface area contributed by atoms with Gasteiger partial charge < -0.3 is 5.32 Å². The lowest BCUT2D eigenvalue weighted by Crippen LogP contribution is -2.16. The Balaban J connectivity index is 1.97. The summed E-state index contributed by atoms with van der Waals surface area (Å²) in [5.41, 5.74) is 3.13. The summed E-state index contributed by atoms with van der Waals surface area (Å²) in [4.78, 5) is 0. The van der Waals surface area contributed by atoms with Gasteiger partial charge in [0.1, 0.15) is 5.82 Å². The standard InChI is InChI=1S/C16H15BrFN/c17-16-4-2-1-3-14(16)15-9-12(18)6-5-11(15)10-19-13-7-8-13/h1-6,9,13,19H,7-8,10H2. The first kappa shape index (κ1) is 12.8. The van der Waals surface area contributed by atoms with Crippen LogP contribution in [0.3, 0.4) is 0 Å². The zero-order chi connectivity index (χ0) is 13.2. The highest BCUT2D eigenvalue weighted by molar-refractivity contribution is 9.10. The van der Waals surface area contributed by atoms with Gasteiger partial charge in [0.05, 0.1) is 0 Å². The molecule has 0 aliphatic heterocycles. The van der Waals surface area contributed by atoms with E-state index >= 15 is 0 Å². The molecule has 1 nitrogen and oxygen atoms in total. The predicted molar refractivity (Wildman–Crippen MR) is 79.4 cm³/mol. The van der Waals surface area contributed by atoms with Crippen molar-refractivity contribution in [3.8, 4) is 11.1 Å². The van der Waals surface area contributed by atoms with Crippen LogP contribution in [0.5, 0.6) is 0 Å². The molecule has 0 amide bonds. The number of benzene rings is 2. The van der Waals surface area contributed by atoms with Crippen LogP contribution in [0.2, 0.25) is 0 Å². The van der Waals surface area contributed by atoms with Crippen molar-refractivity contribution in [3.63, 3.8) is 0 Å². The highest BCUT2D eigenvalue weighted by Crippen LogP contribution is 2.31. The summed E-state index contributed by atoms with van der Waals surface area (Å²) in [5, 5.41) is 3.48. The molecule has 19 heavy (non-hydrogen) atoms. The van der Waals surface area contributed by atoms with E-state index in [4.69, 9.17) is 0 Å². The van der Waals surface area contributed by atoms with Crippen LogP contribution in [0.15, 0.2) is 46.9 Å². The Morgan fingerprint density at radius 3 is 2.63 bits per heavy atom. The molecule has 1 aliphatic carbocycles. The summed E-state index contributed by atoms with van der Waals surface area (Å²) in [6.07, 6.45) is 2.51. The topological polar surface area (TPSA) is 12.0 Å². The summed E-state index contributed by atoms with van der Waals surface area (Å²) in [6.45, 7) is 0.793. The lowest BCUT2D eigenvalue weighted by Gasteiger charge is -2.12. The summed E-state index contributed by atoms with van der Waals surface area (Å²) in [6, 6.07) is 13.6. The van der Waals surface area contributed by atoms with Crippen molar-refractivity contribution in [2.75, 3.05) is 0 Å². The van der Waals surface area contributed by atoms with Gasteiger partial charge in [-0.1, -0.05) is 40.2 Å². The fraction of sp³-hybridized carbons (Fsp3) is 0.250. The van der Waals surface area contributed by atoms with E-state index in [1.807, 2.05) is 30.3 Å². The first-order chi connectivity index (χ1) is 9.24. The van der Waals surface area contributed by atoms with Gasteiger partial charge in [0.25, 0.3) is 0 Å². The van der Waals surface area contributed by atoms with Crippen molar-refractivity contribution in [3.05, 3.63) is 58.3 Å². The first-order valence-electron chi connectivity index (χ1n) is 6.51. The monoisotopic (exact) mass is 319 g/mol. The van der Waals surface area contributed by atoms with Crippen molar-refractivity contribution in [1.82, 2.24) is 5.32 Å². The number of hydrogen-bond donors (Lipinski definition) is 1. The molecule has 1 fully saturated rings. The zero-order valence-corrected chi connectivity index (χ0v) is 12.1. The molecule has 0 aromatic heterocycles. The molecule has 3 heteroatoms. The SMILES string of the molecule is Fc1ccc(CNC2CC2)c(-c2ccccc2Br)c1. The van der Waals surface area contributed by atoms with E-state index in [9.17, 15) is 4.39 Å². The van der Waals surface area contributed by atoms with Crippen LogP contribution < -0.4 is 5.32 Å². The Morgan fingerprint density at radius 2 is 1.89 bits per heavy atom. The molecule has 0 unspecified atom stereocenters. The average Bonchev–Trinajstić information content (AvgIpc) is 3.22. The van der Waals surface area contributed by atoms with E-state index in [0.717, 1.165) is 27.7 Å². The van der Waals surface area contributed by atoms with Gasteiger partial charge in [0.15, 0.2) is 0 Å². The number of halogens is 2. The Labute approximate surface area is 121 Å². The normalized spacial score (nSPS) is 14.6. The van der Waals surface area contributed by atoms with E-state index in [2.05, 4.69) is 21.2 Å². The van der Waals surface area contributed by atoms with E-state index < -0.39 is 0 Å². The third-order valence-electron chi connectivity index (χ3n) is 3.39. The number of rotatable bonds is 4. The van der Waals surface area contributed by atoms with Gasteiger partial charge in [-0.05, 0) is 47.7 Å². The molecule has 3 rings (SSSR count). The predicted octanol–water partition coefficient (Wildman–Crippen LogP) is 4.51. The van der Waals surface area contributed by atoms with Crippen LogP contribution in [-0.2, 0) is 6.54 Å². The molecule has 1 N–H and O–H groups in total. The highest BCUT2D eigenvalue weighted by Gasteiger charge is 2.20. The second-order valence-corrected chi connectivity index (χ2v) is 5.79. The Bertz CT molecular complexity index is 593. The van der Waals surface area contributed by atoms with Crippen molar-refractivity contribution < 1.29 is 4.39 Å². The van der Waals surface area contributed by atoms with Gasteiger partial charge in [-0.2, -0.15) is 0 Å². The summed E-state index contributed by atoms with van der Waals surface area (Å²) in [7, 11) is 0. The summed E-state index contributed by atoms with van der Waals surface area (Å²) >= 11 is 3.54. The molecule has 1 aliphatic rings. The quantitative estimate of drug-likeness (QED) is 0.874. The Morgan fingerprint density at radius 1 is 1.11 bits per heavy atom. The molecule has 0 atom stereocenters. The second-order valence-electron chi connectivity index (χ2n) is 4.94. The molecule has 98 valence electrons. The smallest absolute Gasteiger partial charge is 0.123 e. The fourth-order valence-corrected chi connectivity index (χ4v) is 2.67. The average molecular weight is 320 g/mol. The van der Waals surface area contributed by atoms with Crippen molar-refractivity contribution in [2.24, 2.45) is 0 Å². The molecule has 2 aromatic rings. The molecule has 2 aromatic carbocycles. The molecular weight excluding hydrogens is 305 g/mol. The Hall–Kier alpha value is -1.19.